The van der Waals surface area contributed by atoms with Gasteiger partial charge in [0, 0.05) is 46.2 Å². The number of carbonyl (C=O) groups excluding carboxylic acids is 2. The maximum Gasteiger partial charge on any atom is 0.410 e. The van der Waals surface area contributed by atoms with Crippen molar-refractivity contribution in [2.45, 2.75) is 70.9 Å². The molecule has 0 saturated carbocycles. The summed E-state index contributed by atoms with van der Waals surface area (Å²) in [6, 6.07) is 4.81. The van der Waals surface area contributed by atoms with Crippen LogP contribution in [0.15, 0.2) is 39.7 Å². The van der Waals surface area contributed by atoms with Crippen molar-refractivity contribution >= 4 is 23.2 Å². The number of aromatic hydroxyl groups is 1. The number of ether oxygens (including phenoxy) is 1. The van der Waals surface area contributed by atoms with Crippen molar-refractivity contribution in [1.29, 1.82) is 0 Å². The monoisotopic (exact) mass is 543 g/mol. The second kappa shape index (κ2) is 13.5. The second-order valence-corrected chi connectivity index (χ2v) is 10.1. The van der Waals surface area contributed by atoms with Crippen molar-refractivity contribution in [3.63, 3.8) is 0 Å². The molecule has 0 aliphatic carbocycles. The third-order valence-corrected chi connectivity index (χ3v) is 7.48. The number of rotatable bonds is 12. The van der Waals surface area contributed by atoms with Crippen LogP contribution in [0.25, 0.3) is 0 Å². The van der Waals surface area contributed by atoms with Crippen molar-refractivity contribution in [3.05, 3.63) is 62.0 Å². The highest BCUT2D eigenvalue weighted by Gasteiger charge is 2.30. The first-order chi connectivity index (χ1) is 17.3. The van der Waals surface area contributed by atoms with Gasteiger partial charge in [0.1, 0.15) is 17.1 Å². The molecule has 2 aromatic heterocycles. The number of hydrogen-bond donors (Lipinski definition) is 2. The molecule has 204 valence electrons. The summed E-state index contributed by atoms with van der Waals surface area (Å²) in [5.74, 6) is -2.03. The van der Waals surface area contributed by atoms with Gasteiger partial charge in [-0.15, -0.1) is 11.3 Å². The highest BCUT2D eigenvalue weighted by atomic mass is 32.1. The Balaban J connectivity index is 2.04. The number of alkyl halides is 3. The molecule has 2 rings (SSSR count). The zero-order valence-corrected chi connectivity index (χ0v) is 22.0. The number of halogens is 3. The van der Waals surface area contributed by atoms with Gasteiger partial charge in [0.25, 0.3) is 0 Å². The first-order valence-corrected chi connectivity index (χ1v) is 12.7. The summed E-state index contributed by atoms with van der Waals surface area (Å²) in [5.41, 5.74) is -1.34. The Bertz CT molecular complexity index is 1150. The van der Waals surface area contributed by atoms with Crippen LogP contribution in [0.3, 0.4) is 0 Å². The van der Waals surface area contributed by atoms with Gasteiger partial charge in [-0.2, -0.15) is 13.2 Å². The summed E-state index contributed by atoms with van der Waals surface area (Å²) in [6.07, 6.45) is -1.11. The minimum atomic E-state index is -4.19. The van der Waals surface area contributed by atoms with Crippen molar-refractivity contribution in [2.24, 2.45) is 5.92 Å². The van der Waals surface area contributed by atoms with Crippen LogP contribution in [0, 0.1) is 5.92 Å². The molecule has 11 heteroatoms. The zero-order chi connectivity index (χ0) is 27.8. The lowest BCUT2D eigenvalue weighted by molar-refractivity contribution is -0.135. The molecular weight excluding hydrogens is 511 g/mol. The van der Waals surface area contributed by atoms with E-state index in [0.29, 0.717) is 19.3 Å². The summed E-state index contributed by atoms with van der Waals surface area (Å²) in [6.45, 7) is 5.24. The predicted molar refractivity (Wildman–Crippen MR) is 134 cm³/mol. The van der Waals surface area contributed by atoms with Gasteiger partial charge in [-0.1, -0.05) is 26.8 Å². The van der Waals surface area contributed by atoms with E-state index in [2.05, 4.69) is 10.1 Å². The number of alkyl carbamates (subject to hydrolysis) is 1. The Hall–Kier alpha value is -3.08. The number of carbonyl (C=O) groups is 2. The van der Waals surface area contributed by atoms with Crippen LogP contribution in [0.5, 0.6) is 5.75 Å². The number of nitrogens with one attached hydrogen (secondary N) is 1. The summed E-state index contributed by atoms with van der Waals surface area (Å²) in [5, 5.41) is 12.9. The van der Waals surface area contributed by atoms with Crippen LogP contribution in [-0.2, 0) is 11.2 Å². The van der Waals surface area contributed by atoms with Crippen LogP contribution in [0.1, 0.15) is 84.2 Å². The van der Waals surface area contributed by atoms with E-state index in [0.717, 1.165) is 9.75 Å². The van der Waals surface area contributed by atoms with E-state index < -0.39 is 47.3 Å². The molecule has 2 heterocycles. The molecule has 37 heavy (non-hydrogen) atoms. The van der Waals surface area contributed by atoms with E-state index in [1.807, 2.05) is 0 Å². The molecule has 0 radical (unpaired) electrons. The van der Waals surface area contributed by atoms with E-state index in [4.69, 9.17) is 4.42 Å². The van der Waals surface area contributed by atoms with Crippen LogP contribution >= 0.6 is 11.3 Å². The molecule has 0 spiro atoms. The van der Waals surface area contributed by atoms with E-state index in [9.17, 15) is 32.7 Å². The molecule has 0 aliphatic heterocycles. The summed E-state index contributed by atoms with van der Waals surface area (Å²) >= 11 is 1.34. The predicted octanol–water partition coefficient (Wildman–Crippen LogP) is 6.67. The Morgan fingerprint density at radius 3 is 2.57 bits per heavy atom. The molecule has 0 aromatic carbocycles. The molecule has 0 fully saturated rings. The Labute approximate surface area is 217 Å². The maximum absolute atomic E-state index is 13.1. The van der Waals surface area contributed by atoms with Crippen LogP contribution in [0.2, 0.25) is 0 Å². The third kappa shape index (κ3) is 9.07. The lowest BCUT2D eigenvalue weighted by atomic mass is 9.87. The van der Waals surface area contributed by atoms with Crippen molar-refractivity contribution in [2.75, 3.05) is 7.11 Å². The fourth-order valence-electron chi connectivity index (χ4n) is 3.66. The first kappa shape index (κ1) is 30.1. The van der Waals surface area contributed by atoms with E-state index in [1.54, 1.807) is 39.0 Å². The number of methoxy groups -OCH3 is 1. The van der Waals surface area contributed by atoms with Gasteiger partial charge in [0.05, 0.1) is 7.11 Å². The summed E-state index contributed by atoms with van der Waals surface area (Å²) < 4.78 is 47.0. The molecule has 1 amide bonds. The van der Waals surface area contributed by atoms with Gasteiger partial charge in [0.2, 0.25) is 0 Å². The number of thiophene rings is 1. The molecule has 0 aliphatic rings. The van der Waals surface area contributed by atoms with E-state index >= 15 is 0 Å². The highest BCUT2D eigenvalue weighted by molar-refractivity contribution is 7.12. The SMILES string of the molecule is COC(=O)N/C=C/CCC(C)c1cc(O)c(C(=O)C(C)[C@H](C)c2ccc(CCCC(F)(F)F)s2)c(=O)o1. The first-order valence-electron chi connectivity index (χ1n) is 11.9. The lowest BCUT2D eigenvalue weighted by Gasteiger charge is -2.18. The minimum absolute atomic E-state index is 0.00727. The maximum atomic E-state index is 13.1. The van der Waals surface area contributed by atoms with Crippen molar-refractivity contribution in [1.82, 2.24) is 5.32 Å². The number of amides is 1. The fourth-order valence-corrected chi connectivity index (χ4v) is 4.88. The second-order valence-electron chi connectivity index (χ2n) is 8.93. The van der Waals surface area contributed by atoms with E-state index in [-0.39, 0.29) is 24.0 Å². The van der Waals surface area contributed by atoms with Crippen LogP contribution in [-0.4, -0.2) is 30.3 Å². The molecule has 0 saturated heterocycles. The average Bonchev–Trinajstić information content (AvgIpc) is 3.29. The number of Topliss-reactive ketones (excluding diaryl/α,β-unsaturated/α-hetero) is 1. The minimum Gasteiger partial charge on any atom is -0.507 e. The van der Waals surface area contributed by atoms with Crippen LogP contribution < -0.4 is 10.9 Å². The Morgan fingerprint density at radius 1 is 1.24 bits per heavy atom. The molecule has 0 bridgehead atoms. The number of allylic oxidation sites excluding steroid dienone is 1. The van der Waals surface area contributed by atoms with Gasteiger partial charge in [-0.05, 0) is 37.8 Å². The summed E-state index contributed by atoms with van der Waals surface area (Å²) in [4.78, 5) is 38.4. The molecular formula is C26H32F3NO6S. The average molecular weight is 544 g/mol. The highest BCUT2D eigenvalue weighted by Crippen LogP contribution is 2.34. The van der Waals surface area contributed by atoms with Gasteiger partial charge in [-0.25, -0.2) is 9.59 Å². The van der Waals surface area contributed by atoms with Gasteiger partial charge < -0.3 is 14.3 Å². The third-order valence-electron chi connectivity index (χ3n) is 6.13. The zero-order valence-electron chi connectivity index (χ0n) is 21.2. The number of ketones is 1. The topological polar surface area (TPSA) is 106 Å². The Kier molecular flexibility index (Phi) is 11.0. The molecule has 2 aromatic rings. The Morgan fingerprint density at radius 2 is 1.95 bits per heavy atom. The van der Waals surface area contributed by atoms with Gasteiger partial charge >= 0.3 is 17.9 Å². The lowest BCUT2D eigenvalue weighted by Crippen LogP contribution is -2.24. The molecule has 2 unspecified atom stereocenters. The molecule has 7 nitrogen and oxygen atoms in total. The van der Waals surface area contributed by atoms with Gasteiger partial charge in [-0.3, -0.25) is 10.1 Å². The quantitative estimate of drug-likeness (QED) is 0.290. The standard InChI is InChI=1S/C26H32F3NO6S/c1-15(8-5-6-13-30-25(34)35-4)20-14-19(31)22(24(33)36-20)23(32)17(3)16(2)21-11-10-18(37-21)9-7-12-26(27,28)29/h6,10-11,13-17,31H,5,7-9,12H2,1-4H3,(H,30,34)/b13-6+/t15?,16-,17?/m0/s1. The summed E-state index contributed by atoms with van der Waals surface area (Å²) in [7, 11) is 1.25. The van der Waals surface area contributed by atoms with E-state index in [1.165, 1.54) is 30.7 Å². The molecule has 2 N–H and O–H groups in total. The molecule has 3 atom stereocenters. The smallest absolute Gasteiger partial charge is 0.410 e. The fraction of sp³-hybridized carbons (Fsp3) is 0.500. The van der Waals surface area contributed by atoms with Crippen molar-refractivity contribution < 1.29 is 37.0 Å². The normalized spacial score (nSPS) is 14.4. The number of hydrogen-bond acceptors (Lipinski definition) is 7. The van der Waals surface area contributed by atoms with Crippen LogP contribution in [0.4, 0.5) is 18.0 Å². The van der Waals surface area contributed by atoms with Crippen molar-refractivity contribution in [3.8, 4) is 5.75 Å². The number of aryl methyl sites for hydroxylation is 1. The largest absolute Gasteiger partial charge is 0.507 e. The van der Waals surface area contributed by atoms with Gasteiger partial charge in [0.15, 0.2) is 5.78 Å².